The molecule has 3 amide bonds. The molecule has 2 aliphatic heterocycles. The zero-order valence-corrected chi connectivity index (χ0v) is 9.03. The Bertz CT molecular complexity index is 274. The van der Waals surface area contributed by atoms with Gasteiger partial charge in [-0.25, -0.2) is 4.79 Å². The third-order valence-electron chi connectivity index (χ3n) is 3.09. The van der Waals surface area contributed by atoms with Crippen LogP contribution in [-0.4, -0.2) is 54.5 Å². The summed E-state index contributed by atoms with van der Waals surface area (Å²) in [4.78, 5) is 25.8. The minimum atomic E-state index is -0.155. The minimum Gasteiger partial charge on any atom is -0.318 e. The maximum Gasteiger partial charge on any atom is 0.326 e. The van der Waals surface area contributed by atoms with E-state index in [4.69, 9.17) is 0 Å². The second-order valence-corrected chi connectivity index (χ2v) is 4.27. The summed E-state index contributed by atoms with van der Waals surface area (Å²) in [5, 5.41) is 3.36. The lowest BCUT2D eigenvalue weighted by Gasteiger charge is -2.16. The second-order valence-electron chi connectivity index (χ2n) is 4.27. The fraction of sp³-hybridized carbons (Fsp3) is 0.800. The quantitative estimate of drug-likeness (QED) is 0.670. The number of urea groups is 1. The van der Waals surface area contributed by atoms with Gasteiger partial charge in [-0.05, 0) is 25.8 Å². The molecule has 5 heteroatoms. The number of carbonyl (C=O) groups excluding carboxylic acids is 2. The van der Waals surface area contributed by atoms with E-state index >= 15 is 0 Å². The molecule has 2 saturated heterocycles. The van der Waals surface area contributed by atoms with Gasteiger partial charge >= 0.3 is 6.03 Å². The maximum atomic E-state index is 11.5. The number of likely N-dealkylation sites (N-methyl/N-ethyl adjacent to an activating group) is 1. The molecule has 0 saturated carbocycles. The Kier molecular flexibility index (Phi) is 2.90. The highest BCUT2D eigenvalue weighted by Gasteiger charge is 2.33. The van der Waals surface area contributed by atoms with Crippen molar-refractivity contribution >= 4 is 11.9 Å². The summed E-state index contributed by atoms with van der Waals surface area (Å²) < 4.78 is 0. The van der Waals surface area contributed by atoms with E-state index in [1.54, 1.807) is 7.05 Å². The van der Waals surface area contributed by atoms with E-state index in [-0.39, 0.29) is 18.5 Å². The molecule has 0 aromatic carbocycles. The highest BCUT2D eigenvalue weighted by molar-refractivity contribution is 6.01. The number of amides is 3. The Hall–Kier alpha value is -1.10. The molecule has 2 aliphatic rings. The fourth-order valence-corrected chi connectivity index (χ4v) is 2.18. The third kappa shape index (κ3) is 2.12. The number of rotatable bonds is 3. The summed E-state index contributed by atoms with van der Waals surface area (Å²) in [5.41, 5.74) is 0. The molecule has 1 atom stereocenters. The van der Waals surface area contributed by atoms with Gasteiger partial charge < -0.3 is 10.2 Å². The first-order chi connectivity index (χ1) is 7.18. The van der Waals surface area contributed by atoms with Crippen LogP contribution in [0.25, 0.3) is 0 Å². The summed E-state index contributed by atoms with van der Waals surface area (Å²) in [6.45, 7) is 1.85. The molecular formula is C10H17N3O2. The molecule has 84 valence electrons. The molecule has 2 rings (SSSR count). The van der Waals surface area contributed by atoms with Gasteiger partial charge in [-0.3, -0.25) is 9.69 Å². The number of nitrogens with one attached hydrogen (secondary N) is 1. The van der Waals surface area contributed by atoms with Gasteiger partial charge in [-0.1, -0.05) is 0 Å². The van der Waals surface area contributed by atoms with Gasteiger partial charge in [0, 0.05) is 19.6 Å². The lowest BCUT2D eigenvalue weighted by molar-refractivity contribution is -0.125. The average Bonchev–Trinajstić information content (AvgIpc) is 2.76. The first-order valence-electron chi connectivity index (χ1n) is 5.47. The highest BCUT2D eigenvalue weighted by Crippen LogP contribution is 2.13. The van der Waals surface area contributed by atoms with Crippen LogP contribution in [0.4, 0.5) is 4.79 Å². The van der Waals surface area contributed by atoms with Crippen LogP contribution in [-0.2, 0) is 4.79 Å². The number of nitrogens with zero attached hydrogens (tertiary/aromatic N) is 2. The monoisotopic (exact) mass is 211 g/mol. The van der Waals surface area contributed by atoms with Crippen molar-refractivity contribution in [2.75, 3.05) is 26.7 Å². The van der Waals surface area contributed by atoms with Crippen LogP contribution < -0.4 is 5.32 Å². The zero-order valence-electron chi connectivity index (χ0n) is 9.03. The predicted octanol–water partition coefficient (Wildman–Crippen LogP) is 0.0225. The van der Waals surface area contributed by atoms with Gasteiger partial charge in [0.05, 0.1) is 0 Å². The van der Waals surface area contributed by atoms with Crippen molar-refractivity contribution in [3.8, 4) is 0 Å². The molecule has 0 aromatic heterocycles. The van der Waals surface area contributed by atoms with E-state index in [9.17, 15) is 9.59 Å². The van der Waals surface area contributed by atoms with Crippen LogP contribution in [0.1, 0.15) is 19.3 Å². The third-order valence-corrected chi connectivity index (χ3v) is 3.09. The SMILES string of the molecule is CN1CC(=O)N(CCC2CCCN2)C1=O. The van der Waals surface area contributed by atoms with Crippen molar-refractivity contribution in [3.63, 3.8) is 0 Å². The molecule has 0 bridgehead atoms. The average molecular weight is 211 g/mol. The van der Waals surface area contributed by atoms with Crippen molar-refractivity contribution in [1.82, 2.24) is 15.1 Å². The van der Waals surface area contributed by atoms with Gasteiger partial charge in [0.2, 0.25) is 5.91 Å². The second kappa shape index (κ2) is 4.18. The first kappa shape index (κ1) is 10.4. The van der Waals surface area contributed by atoms with E-state index in [1.807, 2.05) is 0 Å². The van der Waals surface area contributed by atoms with Crippen LogP contribution in [0.5, 0.6) is 0 Å². The molecular weight excluding hydrogens is 194 g/mol. The van der Waals surface area contributed by atoms with E-state index in [1.165, 1.54) is 16.2 Å². The molecule has 15 heavy (non-hydrogen) atoms. The van der Waals surface area contributed by atoms with Crippen LogP contribution >= 0.6 is 0 Å². The van der Waals surface area contributed by atoms with E-state index in [0.29, 0.717) is 12.6 Å². The summed E-state index contributed by atoms with van der Waals surface area (Å²) in [6.07, 6.45) is 3.24. The van der Waals surface area contributed by atoms with Crippen molar-refractivity contribution in [1.29, 1.82) is 0 Å². The fourth-order valence-electron chi connectivity index (χ4n) is 2.18. The minimum absolute atomic E-state index is 0.0690. The molecule has 2 fully saturated rings. The summed E-state index contributed by atoms with van der Waals surface area (Å²) in [7, 11) is 1.66. The smallest absolute Gasteiger partial charge is 0.318 e. The molecule has 5 nitrogen and oxygen atoms in total. The Morgan fingerprint density at radius 3 is 2.80 bits per heavy atom. The lowest BCUT2D eigenvalue weighted by Crippen LogP contribution is -2.35. The summed E-state index contributed by atoms with van der Waals surface area (Å²) in [5.74, 6) is -0.0690. The topological polar surface area (TPSA) is 52.7 Å². The Labute approximate surface area is 89.4 Å². The van der Waals surface area contributed by atoms with Crippen LogP contribution in [0.2, 0.25) is 0 Å². The molecule has 0 spiro atoms. The van der Waals surface area contributed by atoms with Crippen LogP contribution in [0.3, 0.4) is 0 Å². The molecule has 2 heterocycles. The van der Waals surface area contributed by atoms with Gasteiger partial charge in [0.25, 0.3) is 0 Å². The summed E-state index contributed by atoms with van der Waals surface area (Å²) >= 11 is 0. The van der Waals surface area contributed by atoms with Crippen molar-refractivity contribution in [3.05, 3.63) is 0 Å². The van der Waals surface area contributed by atoms with E-state index in [2.05, 4.69) is 5.32 Å². The van der Waals surface area contributed by atoms with Crippen molar-refractivity contribution in [2.24, 2.45) is 0 Å². The van der Waals surface area contributed by atoms with Gasteiger partial charge in [0.15, 0.2) is 0 Å². The van der Waals surface area contributed by atoms with Crippen molar-refractivity contribution < 1.29 is 9.59 Å². The number of hydrogen-bond acceptors (Lipinski definition) is 3. The summed E-state index contributed by atoms with van der Waals surface area (Å²) in [6, 6.07) is 0.328. The number of hydrogen-bond donors (Lipinski definition) is 1. The first-order valence-corrected chi connectivity index (χ1v) is 5.47. The lowest BCUT2D eigenvalue weighted by atomic mass is 10.1. The maximum absolute atomic E-state index is 11.5. The van der Waals surface area contributed by atoms with Crippen LogP contribution in [0.15, 0.2) is 0 Å². The molecule has 1 N–H and O–H groups in total. The van der Waals surface area contributed by atoms with E-state index in [0.717, 1.165) is 19.4 Å². The largest absolute Gasteiger partial charge is 0.326 e. The van der Waals surface area contributed by atoms with Crippen LogP contribution in [0, 0.1) is 0 Å². The van der Waals surface area contributed by atoms with E-state index < -0.39 is 0 Å². The predicted molar refractivity (Wildman–Crippen MR) is 55.4 cm³/mol. The van der Waals surface area contributed by atoms with Gasteiger partial charge in [-0.15, -0.1) is 0 Å². The van der Waals surface area contributed by atoms with Gasteiger partial charge in [-0.2, -0.15) is 0 Å². The molecule has 0 aliphatic carbocycles. The van der Waals surface area contributed by atoms with Crippen molar-refractivity contribution in [2.45, 2.75) is 25.3 Å². The number of imide groups is 1. The standard InChI is InChI=1S/C10H17N3O2/c1-12-7-9(14)13(10(12)15)6-4-8-3-2-5-11-8/h8,11H,2-7H2,1H3. The molecule has 1 unspecified atom stereocenters. The molecule has 0 aromatic rings. The zero-order chi connectivity index (χ0) is 10.8. The molecule has 0 radical (unpaired) electrons. The van der Waals surface area contributed by atoms with Gasteiger partial charge in [0.1, 0.15) is 6.54 Å². The Morgan fingerprint density at radius 2 is 2.27 bits per heavy atom. The normalized spacial score (nSPS) is 26.9. The Balaban J connectivity index is 1.83. The number of carbonyl (C=O) groups is 2. The Morgan fingerprint density at radius 1 is 1.47 bits per heavy atom. The highest BCUT2D eigenvalue weighted by atomic mass is 16.2.